The van der Waals surface area contributed by atoms with Crippen LogP contribution in [0.15, 0.2) is 30.3 Å². The minimum atomic E-state index is -4.16. The van der Waals surface area contributed by atoms with E-state index in [0.29, 0.717) is 11.4 Å². The Bertz CT molecular complexity index is 283. The number of hydrogen-bond donors (Lipinski definition) is 1. The summed E-state index contributed by atoms with van der Waals surface area (Å²) in [6.45, 7) is -0.164. The minimum Gasteiger partial charge on any atom is -0.770 e. The van der Waals surface area contributed by atoms with Gasteiger partial charge in [0.25, 0.3) is 0 Å². The van der Waals surface area contributed by atoms with Gasteiger partial charge in [0.15, 0.2) is 6.80 Å². The molecule has 1 atom stereocenters. The lowest BCUT2D eigenvalue weighted by Crippen LogP contribution is -1.94. The molecule has 5 heteroatoms. The molecule has 0 spiro atoms. The third-order valence-electron chi connectivity index (χ3n) is 1.24. The van der Waals surface area contributed by atoms with Crippen LogP contribution < -0.4 is 4.89 Å². The zero-order chi connectivity index (χ0) is 11.0. The largest absolute Gasteiger partial charge is 0.770 e. The predicted octanol–water partition coefficient (Wildman–Crippen LogP) is 2.41. The topological polar surface area (TPSA) is 60.4 Å². The van der Waals surface area contributed by atoms with Gasteiger partial charge in [-0.3, -0.25) is 4.57 Å². The average molecular weight is 233 g/mol. The van der Waals surface area contributed by atoms with E-state index in [-0.39, 0.29) is 5.75 Å². The smallest absolute Gasteiger partial charge is 0.189 e. The molecule has 0 amide bonds. The summed E-state index contributed by atoms with van der Waals surface area (Å²) in [6.07, 6.45) is 0. The molecule has 1 unspecified atom stereocenters. The van der Waals surface area contributed by atoms with Gasteiger partial charge in [0, 0.05) is 5.75 Å². The first-order valence-corrected chi connectivity index (χ1v) is 7.47. The molecule has 1 rings (SSSR count). The summed E-state index contributed by atoms with van der Waals surface area (Å²) in [5.41, 5.74) is 0.882. The molecule has 80 valence electrons. The Morgan fingerprint density at radius 3 is 2.29 bits per heavy atom. The Kier molecular flexibility index (Phi) is 6.93. The van der Waals surface area contributed by atoms with Crippen molar-refractivity contribution in [1.29, 1.82) is 0 Å². The average Bonchev–Trinajstić information content (AvgIpc) is 2.19. The fourth-order valence-electron chi connectivity index (χ4n) is 0.730. The van der Waals surface area contributed by atoms with E-state index < -0.39 is 6.80 Å². The molecule has 14 heavy (non-hydrogen) atoms. The highest BCUT2D eigenvalue weighted by molar-refractivity contribution is 8.53. The maximum absolute atomic E-state index is 10.4. The molecule has 0 bridgehead atoms. The Morgan fingerprint density at radius 1 is 1.36 bits per heavy atom. The second kappa shape index (κ2) is 7.07. The quantitative estimate of drug-likeness (QED) is 0.814. The molecule has 0 saturated heterocycles. The van der Waals surface area contributed by atoms with Crippen molar-refractivity contribution in [2.24, 2.45) is 0 Å². The molecule has 0 aliphatic heterocycles. The molecule has 0 aliphatic carbocycles. The predicted molar refractivity (Wildman–Crippen MR) is 58.9 cm³/mol. The summed E-state index contributed by atoms with van der Waals surface area (Å²) in [6, 6.07) is 9.11. The van der Waals surface area contributed by atoms with E-state index in [1.165, 1.54) is 0 Å². The normalized spacial score (nSPS) is 13.7. The summed E-state index contributed by atoms with van der Waals surface area (Å²) in [4.78, 5) is 18.8. The van der Waals surface area contributed by atoms with Gasteiger partial charge in [-0.05, 0) is 5.56 Å². The summed E-state index contributed by atoms with van der Waals surface area (Å²) >= 11 is 0.542. The molecule has 1 aromatic rings. The van der Waals surface area contributed by atoms with Gasteiger partial charge < -0.3 is 9.79 Å². The lowest BCUT2D eigenvalue weighted by atomic mass is 10.2. The van der Waals surface area contributed by atoms with Crippen LogP contribution in [0.1, 0.15) is 19.4 Å². The highest BCUT2D eigenvalue weighted by atomic mass is 32.7. The van der Waals surface area contributed by atoms with Crippen molar-refractivity contribution in [3.63, 3.8) is 0 Å². The standard InChI is InChI=1S/C7H9O3PS.C2H6/c8-11(9,10)12-6-7-4-2-1-3-5-7;1-2/h1-5H,6H2,(H2,8,9,10);1-2H3/p-1. The van der Waals surface area contributed by atoms with Crippen LogP contribution in [-0.4, -0.2) is 4.89 Å². The number of benzene rings is 1. The highest BCUT2D eigenvalue weighted by Crippen LogP contribution is 2.47. The van der Waals surface area contributed by atoms with Crippen molar-refractivity contribution in [1.82, 2.24) is 0 Å². The van der Waals surface area contributed by atoms with Crippen LogP contribution in [0.3, 0.4) is 0 Å². The Morgan fingerprint density at radius 2 is 1.86 bits per heavy atom. The monoisotopic (exact) mass is 233 g/mol. The third-order valence-corrected chi connectivity index (χ3v) is 3.39. The lowest BCUT2D eigenvalue weighted by Gasteiger charge is -2.13. The fourth-order valence-corrected chi connectivity index (χ4v) is 2.17. The van der Waals surface area contributed by atoms with Crippen molar-refractivity contribution in [3.05, 3.63) is 35.9 Å². The van der Waals surface area contributed by atoms with Crippen molar-refractivity contribution >= 4 is 18.2 Å². The Hall–Kier alpha value is -0.280. The van der Waals surface area contributed by atoms with E-state index in [0.717, 1.165) is 5.56 Å². The summed E-state index contributed by atoms with van der Waals surface area (Å²) in [7, 11) is 0. The molecule has 0 aromatic heterocycles. The SMILES string of the molecule is CC.O=P([O-])(O)SCc1ccccc1. The third kappa shape index (κ3) is 7.15. The molecule has 1 N–H and O–H groups in total. The first-order chi connectivity index (χ1) is 6.58. The van der Waals surface area contributed by atoms with E-state index >= 15 is 0 Å². The van der Waals surface area contributed by atoms with Gasteiger partial charge in [-0.15, -0.1) is 0 Å². The molecule has 0 heterocycles. The lowest BCUT2D eigenvalue weighted by molar-refractivity contribution is -0.184. The summed E-state index contributed by atoms with van der Waals surface area (Å²) < 4.78 is 10.4. The zero-order valence-corrected chi connectivity index (χ0v) is 9.92. The molecular formula is C9H14O3PS-. The summed E-state index contributed by atoms with van der Waals surface area (Å²) in [5.74, 6) is 0.290. The van der Waals surface area contributed by atoms with Crippen LogP contribution in [0, 0.1) is 0 Å². The maximum atomic E-state index is 10.4. The van der Waals surface area contributed by atoms with E-state index in [1.54, 1.807) is 0 Å². The maximum Gasteiger partial charge on any atom is 0.189 e. The van der Waals surface area contributed by atoms with Gasteiger partial charge in [-0.25, -0.2) is 0 Å². The van der Waals surface area contributed by atoms with Crippen molar-refractivity contribution in [2.75, 3.05) is 0 Å². The van der Waals surface area contributed by atoms with Crippen molar-refractivity contribution in [2.45, 2.75) is 19.6 Å². The van der Waals surface area contributed by atoms with Gasteiger partial charge in [0.2, 0.25) is 0 Å². The van der Waals surface area contributed by atoms with Crippen molar-refractivity contribution in [3.8, 4) is 0 Å². The molecule has 0 fully saturated rings. The van der Waals surface area contributed by atoms with Gasteiger partial charge in [-0.1, -0.05) is 55.6 Å². The van der Waals surface area contributed by atoms with Gasteiger partial charge >= 0.3 is 0 Å². The highest BCUT2D eigenvalue weighted by Gasteiger charge is 2.01. The van der Waals surface area contributed by atoms with Crippen LogP contribution in [0.25, 0.3) is 0 Å². The molecule has 3 nitrogen and oxygen atoms in total. The van der Waals surface area contributed by atoms with E-state index in [1.807, 2.05) is 44.2 Å². The second-order valence-electron chi connectivity index (χ2n) is 2.23. The van der Waals surface area contributed by atoms with Gasteiger partial charge in [-0.2, -0.15) is 0 Å². The van der Waals surface area contributed by atoms with Gasteiger partial charge in [0.1, 0.15) is 0 Å². The van der Waals surface area contributed by atoms with Crippen molar-refractivity contribution < 1.29 is 14.4 Å². The molecule has 0 aliphatic rings. The fraction of sp³-hybridized carbons (Fsp3) is 0.333. The van der Waals surface area contributed by atoms with Crippen LogP contribution in [-0.2, 0) is 10.3 Å². The molecule has 0 saturated carbocycles. The Labute approximate surface area is 88.5 Å². The molecular weight excluding hydrogens is 219 g/mol. The van der Waals surface area contributed by atoms with Gasteiger partial charge in [0.05, 0.1) is 0 Å². The Balaban J connectivity index is 0.000000791. The van der Waals surface area contributed by atoms with E-state index in [4.69, 9.17) is 4.89 Å². The van der Waals surface area contributed by atoms with Crippen LogP contribution in [0.5, 0.6) is 0 Å². The van der Waals surface area contributed by atoms with E-state index in [2.05, 4.69) is 0 Å². The first-order valence-electron chi connectivity index (χ1n) is 4.30. The second-order valence-corrected chi connectivity index (χ2v) is 5.87. The van der Waals surface area contributed by atoms with Crippen LogP contribution in [0.4, 0.5) is 0 Å². The number of rotatable bonds is 3. The molecule has 1 aromatic carbocycles. The summed E-state index contributed by atoms with van der Waals surface area (Å²) in [5, 5.41) is 0. The van der Waals surface area contributed by atoms with Crippen LogP contribution >= 0.6 is 18.2 Å². The minimum absolute atomic E-state index is 0.290. The van der Waals surface area contributed by atoms with Crippen LogP contribution in [0.2, 0.25) is 0 Å². The molecule has 0 radical (unpaired) electrons. The zero-order valence-electron chi connectivity index (χ0n) is 8.21. The van der Waals surface area contributed by atoms with E-state index in [9.17, 15) is 9.46 Å². The first kappa shape index (κ1) is 13.7. The number of hydrogen-bond acceptors (Lipinski definition) is 3.